The van der Waals surface area contributed by atoms with Crippen molar-refractivity contribution in [3.05, 3.63) is 22.8 Å². The second-order valence-electron chi connectivity index (χ2n) is 5.82. The van der Waals surface area contributed by atoms with Gasteiger partial charge in [-0.2, -0.15) is 5.26 Å². The number of anilines is 1. The molecule has 120 valence electrons. The highest BCUT2D eigenvalue weighted by molar-refractivity contribution is 6.33. The zero-order valence-corrected chi connectivity index (χ0v) is 13.9. The molecule has 5 nitrogen and oxygen atoms in total. The second-order valence-corrected chi connectivity index (χ2v) is 6.22. The molecule has 1 aromatic rings. The lowest BCUT2D eigenvalue weighted by Gasteiger charge is -2.35. The quantitative estimate of drug-likeness (QED) is 0.816. The highest BCUT2D eigenvalue weighted by Crippen LogP contribution is 2.19. The van der Waals surface area contributed by atoms with E-state index < -0.39 is 0 Å². The first-order valence-corrected chi connectivity index (χ1v) is 8.13. The van der Waals surface area contributed by atoms with Crippen molar-refractivity contribution < 1.29 is 4.74 Å². The minimum absolute atomic E-state index is 0.323. The molecule has 2 rings (SSSR count). The molecule has 0 spiro atoms. The summed E-state index contributed by atoms with van der Waals surface area (Å²) in [6.07, 6.45) is 4.36. The first kappa shape index (κ1) is 17.0. The Morgan fingerprint density at radius 1 is 1.41 bits per heavy atom. The standard InChI is InChI=1S/C16H23ClN4O/c1-12-10-21(11-13(2)22-12)6-4-3-5-19-16-15(17)7-14(8-18)9-20-16/h7,9,12-13H,3-6,10-11H2,1-2H3,(H,19,20). The minimum atomic E-state index is 0.323. The van der Waals surface area contributed by atoms with Crippen LogP contribution in [-0.2, 0) is 4.74 Å². The molecule has 2 atom stereocenters. The largest absolute Gasteiger partial charge is 0.373 e. The third kappa shape index (κ3) is 5.13. The van der Waals surface area contributed by atoms with E-state index in [1.807, 2.05) is 6.07 Å². The molecule has 1 saturated heterocycles. The van der Waals surface area contributed by atoms with Crippen LogP contribution in [0.5, 0.6) is 0 Å². The number of rotatable bonds is 6. The maximum atomic E-state index is 8.78. The maximum Gasteiger partial charge on any atom is 0.144 e. The van der Waals surface area contributed by atoms with Gasteiger partial charge in [0.15, 0.2) is 0 Å². The van der Waals surface area contributed by atoms with Crippen molar-refractivity contribution in [1.29, 1.82) is 5.26 Å². The molecule has 1 fully saturated rings. The second kappa shape index (κ2) is 8.33. The number of unbranched alkanes of at least 4 members (excludes halogenated alkanes) is 1. The highest BCUT2D eigenvalue weighted by Gasteiger charge is 2.21. The van der Waals surface area contributed by atoms with Gasteiger partial charge in [0.05, 0.1) is 22.8 Å². The zero-order valence-electron chi connectivity index (χ0n) is 13.2. The van der Waals surface area contributed by atoms with Crippen molar-refractivity contribution in [1.82, 2.24) is 9.88 Å². The molecule has 1 aliphatic heterocycles. The third-order valence-electron chi connectivity index (χ3n) is 3.66. The van der Waals surface area contributed by atoms with E-state index in [0.717, 1.165) is 39.0 Å². The summed E-state index contributed by atoms with van der Waals surface area (Å²) in [5.41, 5.74) is 0.478. The summed E-state index contributed by atoms with van der Waals surface area (Å²) in [6.45, 7) is 8.20. The molecule has 0 bridgehead atoms. The van der Waals surface area contributed by atoms with Crippen molar-refractivity contribution in [2.24, 2.45) is 0 Å². The Kier molecular flexibility index (Phi) is 6.44. The lowest BCUT2D eigenvalue weighted by atomic mass is 10.2. The number of aromatic nitrogens is 1. The smallest absolute Gasteiger partial charge is 0.144 e. The molecule has 1 aromatic heterocycles. The normalized spacial score (nSPS) is 22.3. The van der Waals surface area contributed by atoms with Crippen LogP contribution >= 0.6 is 11.6 Å². The topological polar surface area (TPSA) is 61.2 Å². The highest BCUT2D eigenvalue weighted by atomic mass is 35.5. The van der Waals surface area contributed by atoms with Gasteiger partial charge < -0.3 is 10.1 Å². The molecule has 0 aliphatic carbocycles. The fraction of sp³-hybridized carbons (Fsp3) is 0.625. The van der Waals surface area contributed by atoms with E-state index in [4.69, 9.17) is 21.6 Å². The Labute approximate surface area is 137 Å². The maximum absolute atomic E-state index is 8.78. The van der Waals surface area contributed by atoms with Crippen molar-refractivity contribution in [2.75, 3.05) is 31.5 Å². The first-order chi connectivity index (χ1) is 10.6. The van der Waals surface area contributed by atoms with Gasteiger partial charge in [0.25, 0.3) is 0 Å². The minimum Gasteiger partial charge on any atom is -0.373 e. The molecular formula is C16H23ClN4O. The van der Waals surface area contributed by atoms with Crippen LogP contribution in [0.3, 0.4) is 0 Å². The fourth-order valence-corrected chi connectivity index (χ4v) is 3.00. The third-order valence-corrected chi connectivity index (χ3v) is 3.95. The Bertz CT molecular complexity index is 521. The average molecular weight is 323 g/mol. The summed E-state index contributed by atoms with van der Waals surface area (Å²) in [7, 11) is 0. The number of hydrogen-bond acceptors (Lipinski definition) is 5. The molecule has 0 aromatic carbocycles. The number of nitriles is 1. The molecule has 22 heavy (non-hydrogen) atoms. The van der Waals surface area contributed by atoms with E-state index >= 15 is 0 Å². The number of morpholine rings is 1. The first-order valence-electron chi connectivity index (χ1n) is 7.76. The summed E-state index contributed by atoms with van der Waals surface area (Å²) >= 11 is 6.08. The van der Waals surface area contributed by atoms with Crippen molar-refractivity contribution in [3.63, 3.8) is 0 Å². The number of nitrogens with one attached hydrogen (secondary N) is 1. The van der Waals surface area contributed by atoms with Crippen molar-refractivity contribution in [2.45, 2.75) is 38.9 Å². The molecule has 1 N–H and O–H groups in total. The molecule has 2 unspecified atom stereocenters. The molecule has 0 saturated carbocycles. The lowest BCUT2D eigenvalue weighted by Crippen LogP contribution is -2.45. The van der Waals surface area contributed by atoms with Crippen LogP contribution in [0.4, 0.5) is 5.82 Å². The number of pyridine rings is 1. The zero-order chi connectivity index (χ0) is 15.9. The van der Waals surface area contributed by atoms with Crippen LogP contribution in [0.25, 0.3) is 0 Å². The molecule has 2 heterocycles. The summed E-state index contributed by atoms with van der Waals surface area (Å²) in [5.74, 6) is 0.647. The predicted molar refractivity (Wildman–Crippen MR) is 88.1 cm³/mol. The summed E-state index contributed by atoms with van der Waals surface area (Å²) in [5, 5.41) is 12.5. The summed E-state index contributed by atoms with van der Waals surface area (Å²) in [6, 6.07) is 3.66. The van der Waals surface area contributed by atoms with Crippen LogP contribution in [0.1, 0.15) is 32.3 Å². The van der Waals surface area contributed by atoms with Crippen LogP contribution in [0.15, 0.2) is 12.3 Å². The van der Waals surface area contributed by atoms with E-state index in [-0.39, 0.29) is 0 Å². The summed E-state index contributed by atoms with van der Waals surface area (Å²) in [4.78, 5) is 6.63. The van der Waals surface area contributed by atoms with Crippen molar-refractivity contribution >= 4 is 17.4 Å². The Hall–Kier alpha value is -1.35. The Morgan fingerprint density at radius 3 is 2.77 bits per heavy atom. The number of hydrogen-bond donors (Lipinski definition) is 1. The van der Waals surface area contributed by atoms with Crippen molar-refractivity contribution in [3.8, 4) is 6.07 Å². The average Bonchev–Trinajstić information content (AvgIpc) is 2.47. The van der Waals surface area contributed by atoms with Gasteiger partial charge in [-0.1, -0.05) is 11.6 Å². The number of ether oxygens (including phenoxy) is 1. The van der Waals surface area contributed by atoms with Gasteiger partial charge in [0.2, 0.25) is 0 Å². The van der Waals surface area contributed by atoms with E-state index in [1.54, 1.807) is 6.07 Å². The van der Waals surface area contributed by atoms with E-state index in [0.29, 0.717) is 28.6 Å². The van der Waals surface area contributed by atoms with E-state index in [1.165, 1.54) is 6.20 Å². The van der Waals surface area contributed by atoms with Gasteiger partial charge in [0.1, 0.15) is 11.9 Å². The van der Waals surface area contributed by atoms with Crippen LogP contribution in [0, 0.1) is 11.3 Å². The Balaban J connectivity index is 1.66. The molecular weight excluding hydrogens is 300 g/mol. The lowest BCUT2D eigenvalue weighted by molar-refractivity contribution is -0.0681. The predicted octanol–water partition coefficient (Wildman–Crippen LogP) is 2.91. The van der Waals surface area contributed by atoms with Crippen LogP contribution < -0.4 is 5.32 Å². The van der Waals surface area contributed by atoms with Crippen LogP contribution in [-0.4, -0.2) is 48.3 Å². The number of halogens is 1. The van der Waals surface area contributed by atoms with Gasteiger partial charge in [-0.15, -0.1) is 0 Å². The number of nitrogens with zero attached hydrogens (tertiary/aromatic N) is 3. The summed E-state index contributed by atoms with van der Waals surface area (Å²) < 4.78 is 5.73. The van der Waals surface area contributed by atoms with Gasteiger partial charge in [-0.25, -0.2) is 4.98 Å². The van der Waals surface area contributed by atoms with Gasteiger partial charge in [-0.3, -0.25) is 4.90 Å². The Morgan fingerprint density at radius 2 is 2.14 bits per heavy atom. The monoisotopic (exact) mass is 322 g/mol. The molecule has 6 heteroatoms. The van der Waals surface area contributed by atoms with E-state index in [9.17, 15) is 0 Å². The SMILES string of the molecule is CC1CN(CCCCNc2ncc(C#N)cc2Cl)CC(C)O1. The molecule has 1 aliphatic rings. The van der Waals surface area contributed by atoms with Gasteiger partial charge in [0, 0.05) is 25.8 Å². The fourth-order valence-electron chi connectivity index (χ4n) is 2.76. The molecule has 0 radical (unpaired) electrons. The van der Waals surface area contributed by atoms with Crippen LogP contribution in [0.2, 0.25) is 5.02 Å². The van der Waals surface area contributed by atoms with Gasteiger partial charge in [-0.05, 0) is 39.3 Å². The molecule has 0 amide bonds. The van der Waals surface area contributed by atoms with Gasteiger partial charge >= 0.3 is 0 Å². The van der Waals surface area contributed by atoms with E-state index in [2.05, 4.69) is 29.0 Å².